The van der Waals surface area contributed by atoms with Gasteiger partial charge in [0.05, 0.1) is 25.9 Å². The van der Waals surface area contributed by atoms with E-state index < -0.39 is 0 Å². The van der Waals surface area contributed by atoms with Crippen molar-refractivity contribution in [3.8, 4) is 5.88 Å². The molecule has 5 heteroatoms. The number of methoxy groups -OCH3 is 1. The SMILES string of the molecule is COc1cccc(Cn2ccnc2CNCC(C)C)n1. The summed E-state index contributed by atoms with van der Waals surface area (Å²) >= 11 is 0. The summed E-state index contributed by atoms with van der Waals surface area (Å²) in [6, 6.07) is 5.80. The second kappa shape index (κ2) is 7.05. The highest BCUT2D eigenvalue weighted by molar-refractivity contribution is 5.16. The van der Waals surface area contributed by atoms with Crippen molar-refractivity contribution in [3.63, 3.8) is 0 Å². The Labute approximate surface area is 120 Å². The lowest BCUT2D eigenvalue weighted by molar-refractivity contribution is 0.395. The minimum atomic E-state index is 0.637. The van der Waals surface area contributed by atoms with E-state index in [0.717, 1.165) is 24.6 Å². The molecule has 0 radical (unpaired) electrons. The highest BCUT2D eigenvalue weighted by Gasteiger charge is 2.05. The molecule has 0 spiro atoms. The van der Waals surface area contributed by atoms with Crippen LogP contribution in [0.2, 0.25) is 0 Å². The van der Waals surface area contributed by atoms with Gasteiger partial charge in [-0.15, -0.1) is 0 Å². The Balaban J connectivity index is 2.00. The Hall–Kier alpha value is -1.88. The Morgan fingerprint density at radius 3 is 2.95 bits per heavy atom. The number of hydrogen-bond donors (Lipinski definition) is 1. The maximum absolute atomic E-state index is 5.15. The monoisotopic (exact) mass is 274 g/mol. The molecule has 0 aliphatic carbocycles. The highest BCUT2D eigenvalue weighted by Crippen LogP contribution is 2.09. The third kappa shape index (κ3) is 4.06. The first-order chi connectivity index (χ1) is 9.69. The van der Waals surface area contributed by atoms with E-state index in [4.69, 9.17) is 4.74 Å². The number of imidazole rings is 1. The molecule has 0 aliphatic rings. The van der Waals surface area contributed by atoms with Crippen LogP contribution in [0.3, 0.4) is 0 Å². The molecule has 2 aromatic heterocycles. The lowest BCUT2D eigenvalue weighted by Gasteiger charge is -2.10. The molecule has 0 unspecified atom stereocenters. The Kier molecular flexibility index (Phi) is 5.12. The van der Waals surface area contributed by atoms with Gasteiger partial charge in [0.1, 0.15) is 5.82 Å². The van der Waals surface area contributed by atoms with Crippen molar-refractivity contribution < 1.29 is 4.74 Å². The summed E-state index contributed by atoms with van der Waals surface area (Å²) in [5.41, 5.74) is 0.965. The Morgan fingerprint density at radius 2 is 2.20 bits per heavy atom. The van der Waals surface area contributed by atoms with Gasteiger partial charge >= 0.3 is 0 Å². The van der Waals surface area contributed by atoms with Crippen LogP contribution in [-0.2, 0) is 13.1 Å². The van der Waals surface area contributed by atoms with Crippen LogP contribution in [0.25, 0.3) is 0 Å². The number of nitrogens with zero attached hydrogens (tertiary/aromatic N) is 3. The number of ether oxygens (including phenoxy) is 1. The first-order valence-corrected chi connectivity index (χ1v) is 6.89. The predicted molar refractivity (Wildman–Crippen MR) is 78.7 cm³/mol. The minimum absolute atomic E-state index is 0.637. The maximum atomic E-state index is 5.15. The van der Waals surface area contributed by atoms with Crippen LogP contribution in [0.5, 0.6) is 5.88 Å². The van der Waals surface area contributed by atoms with Crippen molar-refractivity contribution in [1.29, 1.82) is 0 Å². The number of nitrogens with one attached hydrogen (secondary N) is 1. The second-order valence-electron chi connectivity index (χ2n) is 5.17. The molecule has 108 valence electrons. The first kappa shape index (κ1) is 14.5. The molecular formula is C15H22N4O. The van der Waals surface area contributed by atoms with Crippen LogP contribution in [0.1, 0.15) is 25.4 Å². The molecule has 0 fully saturated rings. The van der Waals surface area contributed by atoms with Crippen LogP contribution in [0, 0.1) is 5.92 Å². The van der Waals surface area contributed by atoms with Gasteiger partial charge in [-0.3, -0.25) is 0 Å². The average molecular weight is 274 g/mol. The van der Waals surface area contributed by atoms with Crippen molar-refractivity contribution in [2.45, 2.75) is 26.9 Å². The molecule has 0 aromatic carbocycles. The van der Waals surface area contributed by atoms with E-state index in [0.29, 0.717) is 18.3 Å². The molecule has 0 atom stereocenters. The van der Waals surface area contributed by atoms with Gasteiger partial charge in [0.15, 0.2) is 0 Å². The second-order valence-corrected chi connectivity index (χ2v) is 5.17. The largest absolute Gasteiger partial charge is 0.481 e. The van der Waals surface area contributed by atoms with Gasteiger partial charge in [0.2, 0.25) is 5.88 Å². The lowest BCUT2D eigenvalue weighted by atomic mass is 10.2. The fourth-order valence-electron chi connectivity index (χ4n) is 1.96. The number of hydrogen-bond acceptors (Lipinski definition) is 4. The lowest BCUT2D eigenvalue weighted by Crippen LogP contribution is -2.21. The standard InChI is InChI=1S/C15H22N4O/c1-12(2)9-16-10-14-17-7-8-19(14)11-13-5-4-6-15(18-13)20-3/h4-8,12,16H,9-11H2,1-3H3. The normalized spacial score (nSPS) is 11.0. The van der Waals surface area contributed by atoms with Crippen molar-refractivity contribution in [1.82, 2.24) is 19.9 Å². The van der Waals surface area contributed by atoms with Crippen molar-refractivity contribution in [3.05, 3.63) is 42.1 Å². The van der Waals surface area contributed by atoms with Crippen molar-refractivity contribution in [2.75, 3.05) is 13.7 Å². The number of rotatable bonds is 7. The fourth-order valence-corrected chi connectivity index (χ4v) is 1.96. The summed E-state index contributed by atoms with van der Waals surface area (Å²) < 4.78 is 7.25. The van der Waals surface area contributed by atoms with E-state index in [1.807, 2.05) is 30.6 Å². The molecule has 1 N–H and O–H groups in total. The van der Waals surface area contributed by atoms with Gasteiger partial charge < -0.3 is 14.6 Å². The zero-order valence-electron chi connectivity index (χ0n) is 12.3. The summed E-state index contributed by atoms with van der Waals surface area (Å²) in [6.07, 6.45) is 3.81. The van der Waals surface area contributed by atoms with Gasteiger partial charge in [-0.05, 0) is 18.5 Å². The summed E-state index contributed by atoms with van der Waals surface area (Å²) in [5.74, 6) is 2.30. The molecule has 2 heterocycles. The Morgan fingerprint density at radius 1 is 1.35 bits per heavy atom. The topological polar surface area (TPSA) is 52.0 Å². The molecule has 0 saturated heterocycles. The van der Waals surface area contributed by atoms with E-state index in [-0.39, 0.29) is 0 Å². The third-order valence-corrected chi connectivity index (χ3v) is 2.96. The van der Waals surface area contributed by atoms with Gasteiger partial charge in [-0.25, -0.2) is 9.97 Å². The molecular weight excluding hydrogens is 252 g/mol. The zero-order valence-corrected chi connectivity index (χ0v) is 12.3. The molecule has 0 bridgehead atoms. The Bertz CT molecular complexity index is 536. The van der Waals surface area contributed by atoms with Gasteiger partial charge in [0.25, 0.3) is 0 Å². The summed E-state index contributed by atoms with van der Waals surface area (Å²) in [7, 11) is 1.63. The highest BCUT2D eigenvalue weighted by atomic mass is 16.5. The van der Waals surface area contributed by atoms with Gasteiger partial charge in [0, 0.05) is 18.5 Å². The van der Waals surface area contributed by atoms with Crippen LogP contribution in [0.15, 0.2) is 30.6 Å². The summed E-state index contributed by atoms with van der Waals surface area (Å²) in [6.45, 7) is 6.86. The van der Waals surface area contributed by atoms with Gasteiger partial charge in [-0.1, -0.05) is 19.9 Å². The zero-order chi connectivity index (χ0) is 14.4. The van der Waals surface area contributed by atoms with Gasteiger partial charge in [-0.2, -0.15) is 0 Å². The fraction of sp³-hybridized carbons (Fsp3) is 0.467. The summed E-state index contributed by atoms with van der Waals surface area (Å²) in [5, 5.41) is 3.41. The van der Waals surface area contributed by atoms with E-state index in [1.54, 1.807) is 7.11 Å². The smallest absolute Gasteiger partial charge is 0.213 e. The molecule has 2 aromatic rings. The first-order valence-electron chi connectivity index (χ1n) is 6.89. The van der Waals surface area contributed by atoms with Crippen LogP contribution in [0.4, 0.5) is 0 Å². The van der Waals surface area contributed by atoms with Crippen LogP contribution < -0.4 is 10.1 Å². The molecule has 0 saturated carbocycles. The molecule has 0 aliphatic heterocycles. The summed E-state index contributed by atoms with van der Waals surface area (Å²) in [4.78, 5) is 8.82. The predicted octanol–water partition coefficient (Wildman–Crippen LogP) is 2.08. The maximum Gasteiger partial charge on any atom is 0.213 e. The van der Waals surface area contributed by atoms with Crippen molar-refractivity contribution in [2.24, 2.45) is 5.92 Å². The molecule has 5 nitrogen and oxygen atoms in total. The number of aromatic nitrogens is 3. The van der Waals surface area contributed by atoms with Crippen LogP contribution >= 0.6 is 0 Å². The average Bonchev–Trinajstić information content (AvgIpc) is 2.86. The third-order valence-electron chi connectivity index (χ3n) is 2.96. The van der Waals surface area contributed by atoms with Crippen LogP contribution in [-0.4, -0.2) is 28.2 Å². The molecule has 20 heavy (non-hydrogen) atoms. The number of pyridine rings is 1. The van der Waals surface area contributed by atoms with E-state index >= 15 is 0 Å². The van der Waals surface area contributed by atoms with E-state index in [9.17, 15) is 0 Å². The molecule has 2 rings (SSSR count). The van der Waals surface area contributed by atoms with E-state index in [1.165, 1.54) is 0 Å². The quantitative estimate of drug-likeness (QED) is 0.840. The van der Waals surface area contributed by atoms with Crippen molar-refractivity contribution >= 4 is 0 Å². The minimum Gasteiger partial charge on any atom is -0.481 e. The van der Waals surface area contributed by atoms with E-state index in [2.05, 4.69) is 33.7 Å². The molecule has 0 amide bonds.